The minimum absolute atomic E-state index is 0.0114. The van der Waals surface area contributed by atoms with Crippen molar-refractivity contribution in [3.63, 3.8) is 0 Å². The van der Waals surface area contributed by atoms with E-state index in [1.165, 1.54) is 21.2 Å². The monoisotopic (exact) mass is 433 g/mol. The Balaban J connectivity index is 1.31. The van der Waals surface area contributed by atoms with E-state index < -0.39 is 10.0 Å². The number of hydrogen-bond acceptors (Lipinski definition) is 5. The number of sulfonamides is 1. The molecule has 0 aliphatic carbocycles. The summed E-state index contributed by atoms with van der Waals surface area (Å²) in [5.74, 6) is -0.288. The second-order valence-corrected chi connectivity index (χ2v) is 11.0. The molecule has 6 nitrogen and oxygen atoms in total. The molecule has 0 bridgehead atoms. The number of likely N-dealkylation sites (tertiary alicyclic amines) is 1. The van der Waals surface area contributed by atoms with Gasteiger partial charge in [-0.3, -0.25) is 9.69 Å². The molecule has 1 aromatic heterocycles. The number of carbonyl (C=O) groups excluding carboxylic acids is 1. The van der Waals surface area contributed by atoms with E-state index in [9.17, 15) is 13.2 Å². The van der Waals surface area contributed by atoms with Crippen LogP contribution in [0.3, 0.4) is 0 Å². The highest BCUT2D eigenvalue weighted by Gasteiger charge is 2.35. The fraction of sp³-hybridized carbons (Fsp3) is 0.476. The first-order valence-corrected chi connectivity index (χ1v) is 12.4. The summed E-state index contributed by atoms with van der Waals surface area (Å²) < 4.78 is 27.4. The SMILES string of the molecule is O=C(NC1CCN(Cc2ccccc2)C1)C1CCCN(S(=O)(=O)c2cccs2)C1. The molecule has 2 atom stereocenters. The summed E-state index contributed by atoms with van der Waals surface area (Å²) in [6, 6.07) is 13.9. The predicted molar refractivity (Wildman–Crippen MR) is 114 cm³/mol. The first kappa shape index (κ1) is 20.5. The Morgan fingerprint density at radius 2 is 1.90 bits per heavy atom. The van der Waals surface area contributed by atoms with Crippen LogP contribution in [0.25, 0.3) is 0 Å². The van der Waals surface area contributed by atoms with Crippen molar-refractivity contribution in [2.24, 2.45) is 5.92 Å². The van der Waals surface area contributed by atoms with Crippen molar-refractivity contribution in [2.75, 3.05) is 26.2 Å². The lowest BCUT2D eigenvalue weighted by Gasteiger charge is -2.31. The van der Waals surface area contributed by atoms with Gasteiger partial charge < -0.3 is 5.32 Å². The summed E-state index contributed by atoms with van der Waals surface area (Å²) in [5, 5.41) is 4.94. The molecule has 0 spiro atoms. The van der Waals surface area contributed by atoms with Crippen LogP contribution in [-0.4, -0.2) is 55.8 Å². The quantitative estimate of drug-likeness (QED) is 0.760. The van der Waals surface area contributed by atoms with Crippen LogP contribution in [-0.2, 0) is 21.4 Å². The van der Waals surface area contributed by atoms with Gasteiger partial charge in [-0.2, -0.15) is 4.31 Å². The van der Waals surface area contributed by atoms with Crippen LogP contribution < -0.4 is 5.32 Å². The van der Waals surface area contributed by atoms with Crippen molar-refractivity contribution in [2.45, 2.75) is 36.1 Å². The van der Waals surface area contributed by atoms with Gasteiger partial charge in [-0.25, -0.2) is 8.42 Å². The fourth-order valence-electron chi connectivity index (χ4n) is 4.17. The van der Waals surface area contributed by atoms with Crippen LogP contribution in [0.15, 0.2) is 52.1 Å². The van der Waals surface area contributed by atoms with E-state index in [0.717, 1.165) is 32.5 Å². The molecule has 1 amide bonds. The molecule has 2 unspecified atom stereocenters. The molecule has 8 heteroatoms. The van der Waals surface area contributed by atoms with Crippen molar-refractivity contribution in [1.29, 1.82) is 0 Å². The Morgan fingerprint density at radius 3 is 2.66 bits per heavy atom. The van der Waals surface area contributed by atoms with Gasteiger partial charge in [0, 0.05) is 38.8 Å². The van der Waals surface area contributed by atoms with E-state index in [4.69, 9.17) is 0 Å². The maximum absolute atomic E-state index is 12.8. The molecule has 4 rings (SSSR count). The van der Waals surface area contributed by atoms with Crippen LogP contribution in [0.1, 0.15) is 24.8 Å². The number of nitrogens with zero attached hydrogens (tertiary/aromatic N) is 2. The van der Waals surface area contributed by atoms with Gasteiger partial charge in [-0.1, -0.05) is 36.4 Å². The molecule has 1 N–H and O–H groups in total. The van der Waals surface area contributed by atoms with Crippen LogP contribution >= 0.6 is 11.3 Å². The molecule has 156 valence electrons. The summed E-state index contributed by atoms with van der Waals surface area (Å²) in [5.41, 5.74) is 1.28. The summed E-state index contributed by atoms with van der Waals surface area (Å²) in [6.07, 6.45) is 2.39. The molecule has 29 heavy (non-hydrogen) atoms. The van der Waals surface area contributed by atoms with Gasteiger partial charge in [0.1, 0.15) is 4.21 Å². The van der Waals surface area contributed by atoms with E-state index in [1.807, 2.05) is 18.2 Å². The summed E-state index contributed by atoms with van der Waals surface area (Å²) >= 11 is 1.22. The molecule has 0 saturated carbocycles. The van der Waals surface area contributed by atoms with E-state index in [2.05, 4.69) is 22.3 Å². The minimum atomic E-state index is -3.49. The molecule has 2 aliphatic rings. The summed E-state index contributed by atoms with van der Waals surface area (Å²) in [6.45, 7) is 3.45. The first-order chi connectivity index (χ1) is 14.0. The molecular formula is C21H27N3O3S2. The van der Waals surface area contributed by atoms with Crippen LogP contribution in [0, 0.1) is 5.92 Å². The second-order valence-electron chi connectivity index (χ2n) is 7.85. The third kappa shape index (κ3) is 4.88. The fourth-order valence-corrected chi connectivity index (χ4v) is 6.84. The van der Waals surface area contributed by atoms with Gasteiger partial charge in [0.15, 0.2) is 0 Å². The minimum Gasteiger partial charge on any atom is -0.352 e. The van der Waals surface area contributed by atoms with E-state index in [0.29, 0.717) is 17.2 Å². The van der Waals surface area contributed by atoms with E-state index in [-0.39, 0.29) is 24.4 Å². The van der Waals surface area contributed by atoms with Gasteiger partial charge in [0.2, 0.25) is 5.91 Å². The average Bonchev–Trinajstić information content (AvgIpc) is 3.42. The van der Waals surface area contributed by atoms with Gasteiger partial charge in [-0.15, -0.1) is 11.3 Å². The van der Waals surface area contributed by atoms with Crippen LogP contribution in [0.4, 0.5) is 0 Å². The maximum atomic E-state index is 12.8. The maximum Gasteiger partial charge on any atom is 0.252 e. The predicted octanol–water partition coefficient (Wildman–Crippen LogP) is 2.54. The van der Waals surface area contributed by atoms with Crippen molar-refractivity contribution in [3.05, 3.63) is 53.4 Å². The van der Waals surface area contributed by atoms with E-state index in [1.54, 1.807) is 17.5 Å². The third-order valence-corrected chi connectivity index (χ3v) is 8.95. The zero-order valence-electron chi connectivity index (χ0n) is 16.4. The van der Waals surface area contributed by atoms with Gasteiger partial charge in [-0.05, 0) is 36.3 Å². The average molecular weight is 434 g/mol. The number of thiophene rings is 1. The van der Waals surface area contributed by atoms with Crippen molar-refractivity contribution >= 4 is 27.3 Å². The third-order valence-electron chi connectivity index (χ3n) is 5.71. The van der Waals surface area contributed by atoms with Crippen molar-refractivity contribution in [1.82, 2.24) is 14.5 Å². The van der Waals surface area contributed by atoms with Crippen LogP contribution in [0.5, 0.6) is 0 Å². The second kappa shape index (κ2) is 8.95. The first-order valence-electron chi connectivity index (χ1n) is 10.1. The lowest BCUT2D eigenvalue weighted by Crippen LogP contribution is -2.47. The molecular weight excluding hydrogens is 406 g/mol. The summed E-state index contributed by atoms with van der Waals surface area (Å²) in [7, 11) is -3.49. The smallest absolute Gasteiger partial charge is 0.252 e. The Hall–Kier alpha value is -1.74. The number of rotatable bonds is 6. The van der Waals surface area contributed by atoms with Gasteiger partial charge >= 0.3 is 0 Å². The molecule has 3 heterocycles. The normalized spacial score (nSPS) is 23.9. The highest BCUT2D eigenvalue weighted by molar-refractivity contribution is 7.91. The summed E-state index contributed by atoms with van der Waals surface area (Å²) in [4.78, 5) is 15.2. The lowest BCUT2D eigenvalue weighted by atomic mass is 9.98. The molecule has 1 aromatic carbocycles. The number of hydrogen-bond donors (Lipinski definition) is 1. The number of amides is 1. The van der Waals surface area contributed by atoms with Crippen LogP contribution in [0.2, 0.25) is 0 Å². The van der Waals surface area contributed by atoms with Gasteiger partial charge in [0.05, 0.1) is 5.92 Å². The number of carbonyl (C=O) groups is 1. The van der Waals surface area contributed by atoms with Crippen molar-refractivity contribution < 1.29 is 13.2 Å². The standard InChI is InChI=1S/C21H27N3O3S2/c25-21(22-19-10-12-23(16-19)14-17-6-2-1-3-7-17)18-8-4-11-24(15-18)29(26,27)20-9-5-13-28-20/h1-3,5-7,9,13,18-19H,4,8,10-12,14-16H2,(H,22,25). The zero-order valence-corrected chi connectivity index (χ0v) is 18.0. The largest absolute Gasteiger partial charge is 0.352 e. The van der Waals surface area contributed by atoms with Crippen molar-refractivity contribution in [3.8, 4) is 0 Å². The molecule has 2 fully saturated rings. The Bertz CT molecular complexity index is 916. The zero-order chi connectivity index (χ0) is 20.3. The lowest BCUT2D eigenvalue weighted by molar-refractivity contribution is -0.126. The molecule has 2 saturated heterocycles. The number of piperidine rings is 1. The molecule has 0 radical (unpaired) electrons. The Morgan fingerprint density at radius 1 is 1.07 bits per heavy atom. The van der Waals surface area contributed by atoms with Gasteiger partial charge in [0.25, 0.3) is 10.0 Å². The Labute approximate surface area is 176 Å². The molecule has 2 aromatic rings. The highest BCUT2D eigenvalue weighted by Crippen LogP contribution is 2.26. The topological polar surface area (TPSA) is 69.7 Å². The molecule has 2 aliphatic heterocycles. The number of benzene rings is 1. The number of nitrogens with one attached hydrogen (secondary N) is 1. The van der Waals surface area contributed by atoms with E-state index >= 15 is 0 Å². The highest BCUT2D eigenvalue weighted by atomic mass is 32.2. The Kier molecular flexibility index (Phi) is 6.34.